The van der Waals surface area contributed by atoms with Gasteiger partial charge in [-0.25, -0.2) is 0 Å². The van der Waals surface area contributed by atoms with Gasteiger partial charge in [0, 0.05) is 57.8 Å². The second-order valence-electron chi connectivity index (χ2n) is 8.41. The van der Waals surface area contributed by atoms with Gasteiger partial charge in [0.25, 0.3) is 0 Å². The molecule has 6 heteroatoms. The minimum atomic E-state index is 0.164. The Labute approximate surface area is 159 Å². The topological polar surface area (TPSA) is 39.3 Å². The maximum Gasteiger partial charge on any atom is 0.222 e. The first kappa shape index (κ1) is 20.1. The molecule has 1 spiro atoms. The zero-order valence-corrected chi connectivity index (χ0v) is 17.1. The molecule has 3 heterocycles. The first-order valence-electron chi connectivity index (χ1n) is 10.5. The molecular weight excluding hydrogens is 328 g/mol. The van der Waals surface area contributed by atoms with Gasteiger partial charge in [-0.05, 0) is 52.4 Å². The van der Waals surface area contributed by atoms with Crippen LogP contribution in [0.4, 0.5) is 0 Å². The van der Waals surface area contributed by atoms with Crippen molar-refractivity contribution in [2.45, 2.75) is 50.6 Å². The second kappa shape index (κ2) is 9.00. The molecule has 3 rings (SSSR count). The predicted molar refractivity (Wildman–Crippen MR) is 104 cm³/mol. The van der Waals surface area contributed by atoms with Crippen LogP contribution in [0.3, 0.4) is 0 Å². The highest BCUT2D eigenvalue weighted by atomic mass is 16.5. The molecule has 0 aromatic carbocycles. The summed E-state index contributed by atoms with van der Waals surface area (Å²) in [7, 11) is 3.98. The number of carbonyl (C=O) groups excluding carboxylic acids is 1. The molecule has 150 valence electrons. The Kier molecular flexibility index (Phi) is 6.94. The largest absolute Gasteiger partial charge is 0.383 e. The molecule has 0 unspecified atom stereocenters. The van der Waals surface area contributed by atoms with Crippen LogP contribution in [0.25, 0.3) is 0 Å². The normalized spacial score (nSPS) is 30.9. The molecule has 3 aliphatic heterocycles. The van der Waals surface area contributed by atoms with Crippen LogP contribution in [0, 0.1) is 0 Å². The van der Waals surface area contributed by atoms with E-state index in [0.717, 1.165) is 45.1 Å². The number of carbonyl (C=O) groups is 1. The fourth-order valence-electron chi connectivity index (χ4n) is 5.07. The molecule has 6 nitrogen and oxygen atoms in total. The van der Waals surface area contributed by atoms with Gasteiger partial charge >= 0.3 is 0 Å². The summed E-state index contributed by atoms with van der Waals surface area (Å²) < 4.78 is 5.19. The second-order valence-corrected chi connectivity index (χ2v) is 8.41. The Balaban J connectivity index is 1.63. The molecule has 1 atom stereocenters. The first-order chi connectivity index (χ1) is 12.6. The third-order valence-electron chi connectivity index (χ3n) is 7.12. The van der Waals surface area contributed by atoms with E-state index in [1.165, 1.54) is 39.0 Å². The number of methoxy groups -OCH3 is 1. The van der Waals surface area contributed by atoms with E-state index >= 15 is 0 Å². The molecule has 26 heavy (non-hydrogen) atoms. The monoisotopic (exact) mass is 366 g/mol. The SMILES string of the molecule is CCN1CCC(N2CCN(C)[C@]3(CCC(=O)N(CCOC)CC3)C2)CC1. The lowest BCUT2D eigenvalue weighted by Gasteiger charge is -2.52. The molecule has 1 amide bonds. The van der Waals surface area contributed by atoms with Crippen LogP contribution in [0.5, 0.6) is 0 Å². The maximum absolute atomic E-state index is 12.5. The standard InChI is InChI=1S/C20H38N4O2/c1-4-22-10-6-18(7-11-22)24-14-13-21(2)20(17-24)8-5-19(25)23(12-9-20)15-16-26-3/h18H,4-17H2,1-3H3/t20-/m0/s1. The molecular formula is C20H38N4O2. The molecule has 0 radical (unpaired) electrons. The average molecular weight is 367 g/mol. The lowest BCUT2D eigenvalue weighted by molar-refractivity contribution is -0.131. The lowest BCUT2D eigenvalue weighted by atomic mass is 9.85. The number of likely N-dealkylation sites (N-methyl/N-ethyl adjacent to an activating group) is 1. The van der Waals surface area contributed by atoms with Crippen molar-refractivity contribution in [3.63, 3.8) is 0 Å². The molecule has 0 bridgehead atoms. The van der Waals surface area contributed by atoms with E-state index in [2.05, 4.69) is 28.7 Å². The van der Waals surface area contributed by atoms with Crippen LogP contribution in [0.2, 0.25) is 0 Å². The minimum Gasteiger partial charge on any atom is -0.383 e. The Bertz CT molecular complexity index is 467. The number of ether oxygens (including phenoxy) is 1. The van der Waals surface area contributed by atoms with E-state index in [-0.39, 0.29) is 5.54 Å². The van der Waals surface area contributed by atoms with Crippen molar-refractivity contribution in [1.29, 1.82) is 0 Å². The van der Waals surface area contributed by atoms with Crippen LogP contribution in [0.15, 0.2) is 0 Å². The van der Waals surface area contributed by atoms with E-state index in [0.29, 0.717) is 18.9 Å². The number of likely N-dealkylation sites (tertiary alicyclic amines) is 2. The Hall–Kier alpha value is -0.690. The van der Waals surface area contributed by atoms with Crippen molar-refractivity contribution in [2.75, 3.05) is 73.1 Å². The highest BCUT2D eigenvalue weighted by Crippen LogP contribution is 2.34. The maximum atomic E-state index is 12.5. The Morgan fingerprint density at radius 1 is 1.12 bits per heavy atom. The van der Waals surface area contributed by atoms with Crippen molar-refractivity contribution in [3.05, 3.63) is 0 Å². The smallest absolute Gasteiger partial charge is 0.222 e. The number of hydrogen-bond acceptors (Lipinski definition) is 5. The van der Waals surface area contributed by atoms with Gasteiger partial charge in [0.05, 0.1) is 6.61 Å². The van der Waals surface area contributed by atoms with Gasteiger partial charge in [-0.15, -0.1) is 0 Å². The van der Waals surface area contributed by atoms with Crippen molar-refractivity contribution in [1.82, 2.24) is 19.6 Å². The van der Waals surface area contributed by atoms with Gasteiger partial charge in [-0.3, -0.25) is 14.6 Å². The van der Waals surface area contributed by atoms with Crippen molar-refractivity contribution >= 4 is 5.91 Å². The highest BCUT2D eigenvalue weighted by Gasteiger charge is 2.43. The van der Waals surface area contributed by atoms with Crippen LogP contribution in [-0.4, -0.2) is 110 Å². The number of hydrogen-bond donors (Lipinski definition) is 0. The van der Waals surface area contributed by atoms with Gasteiger partial charge in [0.1, 0.15) is 0 Å². The first-order valence-corrected chi connectivity index (χ1v) is 10.5. The van der Waals surface area contributed by atoms with E-state index in [9.17, 15) is 4.79 Å². The summed E-state index contributed by atoms with van der Waals surface area (Å²) in [4.78, 5) is 22.4. The van der Waals surface area contributed by atoms with Crippen LogP contribution < -0.4 is 0 Å². The summed E-state index contributed by atoms with van der Waals surface area (Å²) in [6.07, 6.45) is 5.36. The fraction of sp³-hybridized carbons (Fsp3) is 0.950. The van der Waals surface area contributed by atoms with Gasteiger partial charge in [0.15, 0.2) is 0 Å². The van der Waals surface area contributed by atoms with Gasteiger partial charge in [-0.1, -0.05) is 6.92 Å². The number of rotatable bonds is 5. The number of piperidine rings is 1. The van der Waals surface area contributed by atoms with E-state index in [1.54, 1.807) is 7.11 Å². The zero-order valence-electron chi connectivity index (χ0n) is 17.1. The molecule has 0 aliphatic carbocycles. The third-order valence-corrected chi connectivity index (χ3v) is 7.12. The molecule has 0 N–H and O–H groups in total. The minimum absolute atomic E-state index is 0.164. The Morgan fingerprint density at radius 2 is 1.88 bits per heavy atom. The molecule has 3 saturated heterocycles. The van der Waals surface area contributed by atoms with Gasteiger partial charge in [-0.2, -0.15) is 0 Å². The highest BCUT2D eigenvalue weighted by molar-refractivity contribution is 5.76. The number of piperazine rings is 1. The number of nitrogens with zero attached hydrogens (tertiary/aromatic N) is 4. The third kappa shape index (κ3) is 4.41. The zero-order chi connectivity index (χ0) is 18.6. The summed E-state index contributed by atoms with van der Waals surface area (Å²) in [5.74, 6) is 0.306. The van der Waals surface area contributed by atoms with Gasteiger partial charge < -0.3 is 14.5 Å². The average Bonchev–Trinajstić information content (AvgIpc) is 2.83. The molecule has 0 saturated carbocycles. The summed E-state index contributed by atoms with van der Waals surface area (Å²) in [6.45, 7) is 11.6. The van der Waals surface area contributed by atoms with Crippen LogP contribution in [0.1, 0.15) is 39.0 Å². The predicted octanol–water partition coefficient (Wildman–Crippen LogP) is 1.12. The lowest BCUT2D eigenvalue weighted by Crippen LogP contribution is -2.63. The summed E-state index contributed by atoms with van der Waals surface area (Å²) >= 11 is 0. The summed E-state index contributed by atoms with van der Waals surface area (Å²) in [5.41, 5.74) is 0.164. The van der Waals surface area contributed by atoms with Crippen molar-refractivity contribution in [2.24, 2.45) is 0 Å². The summed E-state index contributed by atoms with van der Waals surface area (Å²) in [5, 5.41) is 0. The molecule has 0 aromatic heterocycles. The quantitative estimate of drug-likeness (QED) is 0.729. The molecule has 3 fully saturated rings. The molecule has 3 aliphatic rings. The summed E-state index contributed by atoms with van der Waals surface area (Å²) in [6, 6.07) is 0.729. The van der Waals surface area contributed by atoms with Crippen LogP contribution in [-0.2, 0) is 9.53 Å². The van der Waals surface area contributed by atoms with Gasteiger partial charge in [0.2, 0.25) is 5.91 Å². The fourth-order valence-corrected chi connectivity index (χ4v) is 5.07. The van der Waals surface area contributed by atoms with Crippen molar-refractivity contribution in [3.8, 4) is 0 Å². The van der Waals surface area contributed by atoms with Crippen molar-refractivity contribution < 1.29 is 9.53 Å². The van der Waals surface area contributed by atoms with E-state index in [1.807, 2.05) is 4.90 Å². The number of amides is 1. The molecule has 0 aromatic rings. The Morgan fingerprint density at radius 3 is 2.58 bits per heavy atom. The van der Waals surface area contributed by atoms with E-state index < -0.39 is 0 Å². The van der Waals surface area contributed by atoms with E-state index in [4.69, 9.17) is 4.74 Å². The van der Waals surface area contributed by atoms with Crippen LogP contribution >= 0.6 is 0 Å².